The van der Waals surface area contributed by atoms with Gasteiger partial charge in [-0.1, -0.05) is 34.1 Å². The van der Waals surface area contributed by atoms with Crippen LogP contribution in [-0.4, -0.2) is 16.3 Å². The van der Waals surface area contributed by atoms with E-state index in [9.17, 15) is 9.90 Å². The summed E-state index contributed by atoms with van der Waals surface area (Å²) in [5.74, 6) is -0.241. The topological polar surface area (TPSA) is 37.3 Å². The van der Waals surface area contributed by atoms with Gasteiger partial charge in [0.15, 0.2) is 5.78 Å². The van der Waals surface area contributed by atoms with Crippen LogP contribution in [0.4, 0.5) is 0 Å². The van der Waals surface area contributed by atoms with E-state index in [0.717, 1.165) is 4.47 Å². The molecule has 0 aromatic heterocycles. The van der Waals surface area contributed by atoms with Crippen LogP contribution in [0.5, 0.6) is 0 Å². The van der Waals surface area contributed by atoms with Crippen molar-refractivity contribution >= 4 is 33.3 Å². The third-order valence-corrected chi connectivity index (χ3v) is 3.16. The zero-order valence-electron chi connectivity index (χ0n) is 7.58. The van der Waals surface area contributed by atoms with Crippen LogP contribution in [0.3, 0.4) is 0 Å². The average molecular weight is 278 g/mol. The zero-order chi connectivity index (χ0) is 10.7. The number of aliphatic hydroxyl groups excluding tert-OH is 1. The molecule has 0 saturated heterocycles. The normalized spacial score (nSPS) is 14.9. The zero-order valence-corrected chi connectivity index (χ0v) is 9.92. The molecule has 0 heterocycles. The van der Waals surface area contributed by atoms with Crippen molar-refractivity contribution in [3.63, 3.8) is 0 Å². The van der Waals surface area contributed by atoms with Crippen LogP contribution >= 0.6 is 27.5 Å². The molecular weight excluding hydrogens is 267 g/mol. The number of hydrogen-bond acceptors (Lipinski definition) is 2. The average Bonchev–Trinajstić information content (AvgIpc) is 2.16. The largest absolute Gasteiger partial charge is 0.386 e. The van der Waals surface area contributed by atoms with Gasteiger partial charge in [0, 0.05) is 4.47 Å². The number of ketones is 1. The second kappa shape index (κ2) is 4.91. The molecule has 0 radical (unpaired) electrons. The first-order valence-electron chi connectivity index (χ1n) is 4.11. The van der Waals surface area contributed by atoms with Crippen molar-refractivity contribution in [3.8, 4) is 0 Å². The van der Waals surface area contributed by atoms with Crippen molar-refractivity contribution in [3.05, 3.63) is 34.3 Å². The molecule has 76 valence electrons. The molecule has 0 amide bonds. The van der Waals surface area contributed by atoms with E-state index in [0.29, 0.717) is 5.56 Å². The highest BCUT2D eigenvalue weighted by molar-refractivity contribution is 9.10. The minimum Gasteiger partial charge on any atom is -0.386 e. The molecule has 0 aliphatic heterocycles. The quantitative estimate of drug-likeness (QED) is 0.863. The number of alkyl halides is 1. The number of hydrogen-bond donors (Lipinski definition) is 1. The summed E-state index contributed by atoms with van der Waals surface area (Å²) >= 11 is 9.04. The molecule has 0 spiro atoms. The number of carbonyl (C=O) groups excluding carboxylic acids is 1. The van der Waals surface area contributed by atoms with E-state index in [4.69, 9.17) is 11.6 Å². The first-order valence-corrected chi connectivity index (χ1v) is 5.34. The van der Waals surface area contributed by atoms with Gasteiger partial charge in [0.2, 0.25) is 0 Å². The number of halogens is 2. The number of benzene rings is 1. The molecule has 0 saturated carbocycles. The highest BCUT2D eigenvalue weighted by Gasteiger charge is 2.23. The van der Waals surface area contributed by atoms with Crippen LogP contribution in [0.2, 0.25) is 0 Å². The second-order valence-corrected chi connectivity index (χ2v) is 4.30. The van der Waals surface area contributed by atoms with Crippen molar-refractivity contribution < 1.29 is 9.90 Å². The number of aliphatic hydroxyl groups is 1. The fraction of sp³-hybridized carbons (Fsp3) is 0.300. The van der Waals surface area contributed by atoms with Crippen LogP contribution in [0.1, 0.15) is 18.6 Å². The van der Waals surface area contributed by atoms with Crippen LogP contribution < -0.4 is 0 Å². The van der Waals surface area contributed by atoms with Gasteiger partial charge < -0.3 is 5.11 Å². The monoisotopic (exact) mass is 276 g/mol. The summed E-state index contributed by atoms with van der Waals surface area (Å²) in [5, 5.41) is 8.86. The highest BCUT2D eigenvalue weighted by Crippen LogP contribution is 2.28. The molecule has 0 aliphatic rings. The molecule has 1 aromatic carbocycles. The van der Waals surface area contributed by atoms with Crippen LogP contribution in [-0.2, 0) is 4.79 Å². The fourth-order valence-electron chi connectivity index (χ4n) is 1.09. The summed E-state index contributed by atoms with van der Waals surface area (Å²) in [6, 6.07) is 7.14. The lowest BCUT2D eigenvalue weighted by atomic mass is 10.0. The Labute approximate surface area is 96.0 Å². The van der Waals surface area contributed by atoms with Crippen molar-refractivity contribution in [2.45, 2.75) is 18.4 Å². The van der Waals surface area contributed by atoms with Crippen LogP contribution in [0.25, 0.3) is 0 Å². The smallest absolute Gasteiger partial charge is 0.150 e. The van der Waals surface area contributed by atoms with E-state index in [1.54, 1.807) is 18.2 Å². The maximum Gasteiger partial charge on any atom is 0.150 e. The van der Waals surface area contributed by atoms with Crippen molar-refractivity contribution in [2.24, 2.45) is 0 Å². The standard InChI is InChI=1S/C10H10BrClO2/c1-6(13)9(12)10(14)7-4-2-3-5-8(7)11/h2-5,9-10,14H,1H3/t9-,10+/m1/s1. The number of Topliss-reactive ketones (excluding diaryl/α,β-unsaturated/α-hetero) is 1. The third-order valence-electron chi connectivity index (χ3n) is 1.89. The Kier molecular flexibility index (Phi) is 4.11. The minimum atomic E-state index is -0.968. The summed E-state index contributed by atoms with van der Waals surface area (Å²) in [5.41, 5.74) is 0.628. The SMILES string of the molecule is CC(=O)[C@@H](Cl)[C@@H](O)c1ccccc1Br. The van der Waals surface area contributed by atoms with Crippen LogP contribution in [0.15, 0.2) is 28.7 Å². The molecular formula is C10H10BrClO2. The van der Waals surface area contributed by atoms with E-state index in [-0.39, 0.29) is 5.78 Å². The lowest BCUT2D eigenvalue weighted by Gasteiger charge is -2.15. The maximum atomic E-state index is 11.0. The summed E-state index contributed by atoms with van der Waals surface area (Å²) < 4.78 is 0.749. The molecule has 0 aliphatic carbocycles. The van der Waals surface area contributed by atoms with Gasteiger partial charge in [0.05, 0.1) is 0 Å². The molecule has 0 fully saturated rings. The molecule has 1 rings (SSSR count). The van der Waals surface area contributed by atoms with E-state index < -0.39 is 11.5 Å². The molecule has 1 N–H and O–H groups in total. The van der Waals surface area contributed by atoms with Crippen molar-refractivity contribution in [1.82, 2.24) is 0 Å². The molecule has 0 unspecified atom stereocenters. The van der Waals surface area contributed by atoms with Crippen molar-refractivity contribution in [1.29, 1.82) is 0 Å². The summed E-state index contributed by atoms with van der Waals surface area (Å²) in [4.78, 5) is 11.0. The Balaban J connectivity index is 2.94. The predicted octanol–water partition coefficient (Wildman–Crippen LogP) is 2.68. The molecule has 2 nitrogen and oxygen atoms in total. The summed E-state index contributed by atoms with van der Waals surface area (Å²) in [6.07, 6.45) is -0.968. The van der Waals surface area contributed by atoms with Gasteiger partial charge in [0.25, 0.3) is 0 Å². The lowest BCUT2D eigenvalue weighted by Crippen LogP contribution is -2.20. The second-order valence-electron chi connectivity index (χ2n) is 2.98. The van der Waals surface area contributed by atoms with E-state index in [1.165, 1.54) is 6.92 Å². The summed E-state index contributed by atoms with van der Waals surface area (Å²) in [7, 11) is 0. The Hall–Kier alpha value is -0.380. The highest BCUT2D eigenvalue weighted by atomic mass is 79.9. The maximum absolute atomic E-state index is 11.0. The lowest BCUT2D eigenvalue weighted by molar-refractivity contribution is -0.118. The molecule has 1 aromatic rings. The first-order chi connectivity index (χ1) is 6.54. The minimum absolute atomic E-state index is 0.241. The molecule has 4 heteroatoms. The van der Waals surface area contributed by atoms with E-state index in [2.05, 4.69) is 15.9 Å². The number of carbonyl (C=O) groups is 1. The Morgan fingerprint density at radius 1 is 1.50 bits per heavy atom. The van der Waals surface area contributed by atoms with Crippen molar-refractivity contribution in [2.75, 3.05) is 0 Å². The Morgan fingerprint density at radius 3 is 2.57 bits per heavy atom. The first kappa shape index (κ1) is 11.7. The Bertz CT molecular complexity index is 341. The summed E-state index contributed by atoms with van der Waals surface area (Å²) in [6.45, 7) is 1.36. The third kappa shape index (κ3) is 2.56. The Morgan fingerprint density at radius 2 is 2.07 bits per heavy atom. The molecule has 2 atom stereocenters. The molecule has 14 heavy (non-hydrogen) atoms. The van der Waals surface area contributed by atoms with Crippen LogP contribution in [0, 0.1) is 0 Å². The van der Waals surface area contributed by atoms with E-state index >= 15 is 0 Å². The van der Waals surface area contributed by atoms with Gasteiger partial charge in [-0.25, -0.2) is 0 Å². The van der Waals surface area contributed by atoms with Gasteiger partial charge in [0.1, 0.15) is 11.5 Å². The van der Waals surface area contributed by atoms with E-state index in [1.807, 2.05) is 6.07 Å². The van der Waals surface area contributed by atoms with Gasteiger partial charge >= 0.3 is 0 Å². The van der Waals surface area contributed by atoms with Gasteiger partial charge in [-0.3, -0.25) is 4.79 Å². The molecule has 0 bridgehead atoms. The van der Waals surface area contributed by atoms with Gasteiger partial charge in [-0.2, -0.15) is 0 Å². The fourth-order valence-corrected chi connectivity index (χ4v) is 1.75. The number of rotatable bonds is 3. The predicted molar refractivity (Wildman–Crippen MR) is 59.4 cm³/mol. The van der Waals surface area contributed by atoms with Gasteiger partial charge in [-0.05, 0) is 18.6 Å². The van der Waals surface area contributed by atoms with Gasteiger partial charge in [-0.15, -0.1) is 11.6 Å².